The number of nitrogens with one attached hydrogen (secondary N) is 1. The number of aromatic nitrogens is 1. The van der Waals surface area contributed by atoms with Gasteiger partial charge in [-0.05, 0) is 42.8 Å². The largest absolute Gasteiger partial charge is 0.504 e. The summed E-state index contributed by atoms with van der Waals surface area (Å²) in [6, 6.07) is 8.06. The lowest BCUT2D eigenvalue weighted by molar-refractivity contribution is 0.0955. The fraction of sp³-hybridized carbons (Fsp3) is 0.133. The van der Waals surface area contributed by atoms with E-state index in [2.05, 4.69) is 15.5 Å². The molecule has 0 aliphatic carbocycles. The first kappa shape index (κ1) is 14.5. The van der Waals surface area contributed by atoms with E-state index in [1.54, 1.807) is 24.3 Å². The number of pyridine rings is 1. The van der Waals surface area contributed by atoms with Crippen LogP contribution in [0.15, 0.2) is 47.8 Å². The van der Waals surface area contributed by atoms with E-state index >= 15 is 0 Å². The monoisotopic (exact) mass is 285 g/mol. The van der Waals surface area contributed by atoms with Crippen molar-refractivity contribution in [2.45, 2.75) is 6.92 Å². The van der Waals surface area contributed by atoms with Gasteiger partial charge < -0.3 is 9.84 Å². The van der Waals surface area contributed by atoms with Gasteiger partial charge in [0.25, 0.3) is 5.91 Å². The van der Waals surface area contributed by atoms with Crippen molar-refractivity contribution < 1.29 is 14.6 Å². The molecule has 2 aromatic rings. The molecule has 21 heavy (non-hydrogen) atoms. The Hall–Kier alpha value is -2.89. The van der Waals surface area contributed by atoms with Crippen LogP contribution in [0.3, 0.4) is 0 Å². The van der Waals surface area contributed by atoms with E-state index in [1.807, 2.05) is 6.92 Å². The van der Waals surface area contributed by atoms with Gasteiger partial charge in [0.15, 0.2) is 11.5 Å². The number of nitrogens with zero attached hydrogens (tertiary/aromatic N) is 2. The summed E-state index contributed by atoms with van der Waals surface area (Å²) in [7, 11) is 0. The van der Waals surface area contributed by atoms with Crippen LogP contribution in [0.4, 0.5) is 0 Å². The number of aromatic hydroxyl groups is 1. The lowest BCUT2D eigenvalue weighted by Gasteiger charge is -2.05. The average Bonchev–Trinajstić information content (AvgIpc) is 2.51. The Morgan fingerprint density at radius 3 is 2.81 bits per heavy atom. The predicted octanol–water partition coefficient (Wildman–Crippen LogP) is 1.95. The Morgan fingerprint density at radius 2 is 2.14 bits per heavy atom. The van der Waals surface area contributed by atoms with Gasteiger partial charge in [0, 0.05) is 18.0 Å². The summed E-state index contributed by atoms with van der Waals surface area (Å²) < 4.78 is 5.22. The molecular formula is C15H15N3O3. The second-order valence-corrected chi connectivity index (χ2v) is 4.10. The van der Waals surface area contributed by atoms with Crippen molar-refractivity contribution in [3.05, 3.63) is 53.9 Å². The molecule has 6 nitrogen and oxygen atoms in total. The van der Waals surface area contributed by atoms with E-state index in [9.17, 15) is 9.90 Å². The maximum atomic E-state index is 11.7. The van der Waals surface area contributed by atoms with Crippen molar-refractivity contribution in [1.29, 1.82) is 0 Å². The summed E-state index contributed by atoms with van der Waals surface area (Å²) >= 11 is 0. The number of amides is 1. The van der Waals surface area contributed by atoms with Gasteiger partial charge in [-0.3, -0.25) is 9.78 Å². The molecule has 0 aliphatic heterocycles. The van der Waals surface area contributed by atoms with E-state index in [0.29, 0.717) is 23.5 Å². The van der Waals surface area contributed by atoms with Gasteiger partial charge in [-0.25, -0.2) is 5.43 Å². The molecule has 6 heteroatoms. The third-order valence-corrected chi connectivity index (χ3v) is 2.61. The van der Waals surface area contributed by atoms with E-state index in [-0.39, 0.29) is 11.7 Å². The Labute approximate surface area is 122 Å². The minimum Gasteiger partial charge on any atom is -0.504 e. The fourth-order valence-electron chi connectivity index (χ4n) is 1.63. The predicted molar refractivity (Wildman–Crippen MR) is 78.6 cm³/mol. The van der Waals surface area contributed by atoms with Crippen LogP contribution in [0.1, 0.15) is 22.8 Å². The Kier molecular flexibility index (Phi) is 4.87. The topological polar surface area (TPSA) is 83.8 Å². The van der Waals surface area contributed by atoms with Crippen molar-refractivity contribution in [3.8, 4) is 11.5 Å². The summed E-state index contributed by atoms with van der Waals surface area (Å²) in [6.07, 6.45) is 4.50. The normalized spacial score (nSPS) is 10.5. The van der Waals surface area contributed by atoms with Crippen molar-refractivity contribution in [2.24, 2.45) is 5.10 Å². The second-order valence-electron chi connectivity index (χ2n) is 4.10. The van der Waals surface area contributed by atoms with E-state index < -0.39 is 0 Å². The number of rotatable bonds is 5. The van der Waals surface area contributed by atoms with Crippen molar-refractivity contribution in [2.75, 3.05) is 6.61 Å². The van der Waals surface area contributed by atoms with Gasteiger partial charge in [-0.1, -0.05) is 0 Å². The quantitative estimate of drug-likeness (QED) is 0.649. The highest BCUT2D eigenvalue weighted by Gasteiger charge is 2.03. The zero-order valence-electron chi connectivity index (χ0n) is 11.5. The van der Waals surface area contributed by atoms with Gasteiger partial charge in [0.1, 0.15) is 0 Å². The molecule has 1 amide bonds. The molecule has 0 atom stereocenters. The minimum atomic E-state index is -0.330. The first-order chi connectivity index (χ1) is 10.2. The summed E-state index contributed by atoms with van der Waals surface area (Å²) in [6.45, 7) is 2.31. The summed E-state index contributed by atoms with van der Waals surface area (Å²) in [5.41, 5.74) is 3.51. The van der Waals surface area contributed by atoms with E-state index in [4.69, 9.17) is 4.74 Å². The number of phenols is 1. The number of hydrogen-bond acceptors (Lipinski definition) is 5. The first-order valence-corrected chi connectivity index (χ1v) is 6.40. The van der Waals surface area contributed by atoms with Crippen LogP contribution < -0.4 is 10.2 Å². The maximum absolute atomic E-state index is 11.7. The molecule has 1 aromatic heterocycles. The lowest BCUT2D eigenvalue weighted by atomic mass is 10.2. The summed E-state index contributed by atoms with van der Waals surface area (Å²) in [5.74, 6) is 0.112. The fourth-order valence-corrected chi connectivity index (χ4v) is 1.63. The van der Waals surface area contributed by atoms with Crippen molar-refractivity contribution in [3.63, 3.8) is 0 Å². The van der Waals surface area contributed by atoms with Gasteiger partial charge in [0.05, 0.1) is 12.8 Å². The average molecular weight is 285 g/mol. The van der Waals surface area contributed by atoms with Crippen molar-refractivity contribution >= 4 is 12.1 Å². The molecule has 2 N–H and O–H groups in total. The molecule has 0 bridgehead atoms. The molecule has 0 aliphatic rings. The summed E-state index contributed by atoms with van der Waals surface area (Å²) in [5, 5.41) is 13.6. The number of ether oxygens (including phenoxy) is 1. The number of phenolic OH excluding ortho intramolecular Hbond substituents is 1. The maximum Gasteiger partial charge on any atom is 0.271 e. The highest BCUT2D eigenvalue weighted by molar-refractivity contribution is 5.94. The van der Waals surface area contributed by atoms with Crippen molar-refractivity contribution in [1.82, 2.24) is 10.4 Å². The van der Waals surface area contributed by atoms with Crippen LogP contribution in [0.25, 0.3) is 0 Å². The van der Waals surface area contributed by atoms with Crippen LogP contribution in [0, 0.1) is 0 Å². The molecule has 0 saturated heterocycles. The Morgan fingerprint density at radius 1 is 1.38 bits per heavy atom. The number of carbonyl (C=O) groups excluding carboxylic acids is 1. The first-order valence-electron chi connectivity index (χ1n) is 6.40. The van der Waals surface area contributed by atoms with Crippen LogP contribution in [-0.2, 0) is 0 Å². The molecule has 0 saturated carbocycles. The molecule has 108 valence electrons. The summed E-state index contributed by atoms with van der Waals surface area (Å²) in [4.78, 5) is 15.5. The molecule has 0 spiro atoms. The molecule has 0 radical (unpaired) electrons. The molecular weight excluding hydrogens is 270 g/mol. The minimum absolute atomic E-state index is 0.0289. The van der Waals surface area contributed by atoms with Gasteiger partial charge >= 0.3 is 0 Å². The molecule has 0 unspecified atom stereocenters. The molecule has 1 aromatic carbocycles. The second kappa shape index (κ2) is 7.04. The van der Waals surface area contributed by atoms with E-state index in [0.717, 1.165) is 0 Å². The number of hydrazone groups is 1. The highest BCUT2D eigenvalue weighted by atomic mass is 16.5. The molecule has 0 fully saturated rings. The SMILES string of the molecule is CCOc1ccc(/C=N/NC(=O)c2ccncc2)cc1O. The Balaban J connectivity index is 1.98. The third kappa shape index (κ3) is 4.04. The zero-order chi connectivity index (χ0) is 15.1. The molecule has 1 heterocycles. The number of carbonyl (C=O) groups is 1. The van der Waals surface area contributed by atoms with Gasteiger partial charge in [0.2, 0.25) is 0 Å². The third-order valence-electron chi connectivity index (χ3n) is 2.61. The van der Waals surface area contributed by atoms with E-state index in [1.165, 1.54) is 24.7 Å². The molecule has 2 rings (SSSR count). The Bertz CT molecular complexity index is 642. The lowest BCUT2D eigenvalue weighted by Crippen LogP contribution is -2.17. The van der Waals surface area contributed by atoms with Crippen LogP contribution in [-0.4, -0.2) is 28.8 Å². The number of hydrogen-bond donors (Lipinski definition) is 2. The zero-order valence-corrected chi connectivity index (χ0v) is 11.5. The number of benzene rings is 1. The van der Waals surface area contributed by atoms with Gasteiger partial charge in [-0.2, -0.15) is 5.10 Å². The highest BCUT2D eigenvalue weighted by Crippen LogP contribution is 2.25. The van der Waals surface area contributed by atoms with Crippen LogP contribution >= 0.6 is 0 Å². The standard InChI is InChI=1S/C15H15N3O3/c1-2-21-14-4-3-11(9-13(14)19)10-17-18-15(20)12-5-7-16-8-6-12/h3-10,19H,2H2,1H3,(H,18,20)/b17-10+. The van der Waals surface area contributed by atoms with Crippen LogP contribution in [0.2, 0.25) is 0 Å². The smallest absolute Gasteiger partial charge is 0.271 e. The van der Waals surface area contributed by atoms with Gasteiger partial charge in [-0.15, -0.1) is 0 Å². The van der Waals surface area contributed by atoms with Crippen LogP contribution in [0.5, 0.6) is 11.5 Å².